The van der Waals surface area contributed by atoms with Crippen LogP contribution in [0.1, 0.15) is 32.3 Å². The molecule has 1 aromatic carbocycles. The zero-order chi connectivity index (χ0) is 19.0. The Labute approximate surface area is 154 Å². The molecule has 0 aliphatic heterocycles. The first-order valence-corrected chi connectivity index (χ1v) is 8.87. The molecule has 1 aromatic heterocycles. The highest BCUT2D eigenvalue weighted by Gasteiger charge is 2.32. The van der Waals surface area contributed by atoms with Crippen molar-refractivity contribution in [3.05, 3.63) is 48.3 Å². The standard InChI is InChI=1S/C19H27N5O2/c1-3-19(4-2,14-20)18(26)21-12-15-7-5-8-16(11-15)23-17(25)13-24-10-6-9-22-24/h5-11H,3-4,12-14,20H2,1-2H3,(H,21,26)(H,23,25). The van der Waals surface area contributed by atoms with Crippen molar-refractivity contribution in [1.82, 2.24) is 15.1 Å². The summed E-state index contributed by atoms with van der Waals surface area (Å²) in [5, 5.41) is 9.81. The van der Waals surface area contributed by atoms with E-state index in [2.05, 4.69) is 15.7 Å². The van der Waals surface area contributed by atoms with Crippen LogP contribution in [-0.2, 0) is 22.7 Å². The number of nitrogens with zero attached hydrogens (tertiary/aromatic N) is 2. The first-order valence-electron chi connectivity index (χ1n) is 8.87. The van der Waals surface area contributed by atoms with Gasteiger partial charge in [-0.05, 0) is 36.6 Å². The molecule has 140 valence electrons. The molecule has 0 spiro atoms. The van der Waals surface area contributed by atoms with Crippen LogP contribution in [0.3, 0.4) is 0 Å². The van der Waals surface area contributed by atoms with Gasteiger partial charge in [0.15, 0.2) is 0 Å². The number of amides is 2. The monoisotopic (exact) mass is 357 g/mol. The van der Waals surface area contributed by atoms with Gasteiger partial charge in [0.05, 0.1) is 5.41 Å². The van der Waals surface area contributed by atoms with E-state index in [4.69, 9.17) is 5.73 Å². The fourth-order valence-electron chi connectivity index (χ4n) is 2.82. The van der Waals surface area contributed by atoms with E-state index in [1.165, 1.54) is 0 Å². The van der Waals surface area contributed by atoms with Crippen LogP contribution in [0, 0.1) is 5.41 Å². The first kappa shape index (κ1) is 19.7. The average Bonchev–Trinajstić information content (AvgIpc) is 3.15. The third-order valence-electron chi connectivity index (χ3n) is 4.75. The van der Waals surface area contributed by atoms with E-state index < -0.39 is 5.41 Å². The van der Waals surface area contributed by atoms with Gasteiger partial charge in [0, 0.05) is 31.2 Å². The van der Waals surface area contributed by atoms with Gasteiger partial charge in [-0.15, -0.1) is 0 Å². The molecule has 0 radical (unpaired) electrons. The average molecular weight is 357 g/mol. The molecule has 4 N–H and O–H groups in total. The van der Waals surface area contributed by atoms with Crippen LogP contribution in [0.5, 0.6) is 0 Å². The van der Waals surface area contributed by atoms with Crippen molar-refractivity contribution in [3.8, 4) is 0 Å². The summed E-state index contributed by atoms with van der Waals surface area (Å²) < 4.78 is 1.56. The Kier molecular flexibility index (Phi) is 6.91. The molecule has 0 saturated heterocycles. The largest absolute Gasteiger partial charge is 0.352 e. The number of carbonyl (C=O) groups is 2. The molecule has 2 amide bonds. The van der Waals surface area contributed by atoms with E-state index in [0.717, 1.165) is 5.56 Å². The van der Waals surface area contributed by atoms with Gasteiger partial charge in [0.1, 0.15) is 6.54 Å². The molecule has 26 heavy (non-hydrogen) atoms. The van der Waals surface area contributed by atoms with Gasteiger partial charge in [0.25, 0.3) is 0 Å². The number of hydrogen-bond acceptors (Lipinski definition) is 4. The number of benzene rings is 1. The zero-order valence-corrected chi connectivity index (χ0v) is 15.4. The molecular formula is C19H27N5O2. The summed E-state index contributed by atoms with van der Waals surface area (Å²) in [6, 6.07) is 9.19. The van der Waals surface area contributed by atoms with E-state index in [1.54, 1.807) is 23.1 Å². The van der Waals surface area contributed by atoms with Gasteiger partial charge in [0.2, 0.25) is 11.8 Å². The SMILES string of the molecule is CCC(CC)(CN)C(=O)NCc1cccc(NC(=O)Cn2cccn2)c1. The van der Waals surface area contributed by atoms with Crippen LogP contribution >= 0.6 is 0 Å². The van der Waals surface area contributed by atoms with Gasteiger partial charge in [-0.3, -0.25) is 14.3 Å². The molecular weight excluding hydrogens is 330 g/mol. The molecule has 0 bridgehead atoms. The van der Waals surface area contributed by atoms with Crippen molar-refractivity contribution in [1.29, 1.82) is 0 Å². The second-order valence-corrected chi connectivity index (χ2v) is 6.33. The smallest absolute Gasteiger partial charge is 0.246 e. The molecule has 0 aliphatic rings. The second kappa shape index (κ2) is 9.15. The predicted octanol–water partition coefficient (Wildman–Crippen LogP) is 1.90. The van der Waals surface area contributed by atoms with Crippen molar-refractivity contribution in [3.63, 3.8) is 0 Å². The molecule has 7 nitrogen and oxygen atoms in total. The quantitative estimate of drug-likeness (QED) is 0.638. The number of nitrogens with two attached hydrogens (primary N) is 1. The Morgan fingerprint density at radius 1 is 1.23 bits per heavy atom. The topological polar surface area (TPSA) is 102 Å². The predicted molar refractivity (Wildman–Crippen MR) is 101 cm³/mol. The van der Waals surface area contributed by atoms with E-state index in [0.29, 0.717) is 31.6 Å². The zero-order valence-electron chi connectivity index (χ0n) is 15.4. The Morgan fingerprint density at radius 2 is 2.00 bits per heavy atom. The lowest BCUT2D eigenvalue weighted by Gasteiger charge is -2.28. The molecule has 7 heteroatoms. The summed E-state index contributed by atoms with van der Waals surface area (Å²) in [4.78, 5) is 24.6. The molecule has 0 fully saturated rings. The molecule has 0 saturated carbocycles. The number of anilines is 1. The molecule has 1 heterocycles. The van der Waals surface area contributed by atoms with E-state index >= 15 is 0 Å². The lowest BCUT2D eigenvalue weighted by molar-refractivity contribution is -0.131. The molecule has 0 aliphatic carbocycles. The first-order chi connectivity index (χ1) is 12.5. The highest BCUT2D eigenvalue weighted by Crippen LogP contribution is 2.25. The normalized spacial score (nSPS) is 11.2. The minimum Gasteiger partial charge on any atom is -0.352 e. The minimum atomic E-state index is -0.518. The third kappa shape index (κ3) is 4.92. The van der Waals surface area contributed by atoms with Crippen LogP contribution in [0.4, 0.5) is 5.69 Å². The molecule has 2 rings (SSSR count). The van der Waals surface area contributed by atoms with Crippen LogP contribution in [0.15, 0.2) is 42.7 Å². The van der Waals surface area contributed by atoms with Crippen LogP contribution in [-0.4, -0.2) is 28.1 Å². The van der Waals surface area contributed by atoms with E-state index in [-0.39, 0.29) is 18.4 Å². The Balaban J connectivity index is 1.94. The summed E-state index contributed by atoms with van der Waals surface area (Å²) in [6.07, 6.45) is 4.77. The highest BCUT2D eigenvalue weighted by atomic mass is 16.2. The van der Waals surface area contributed by atoms with Gasteiger partial charge < -0.3 is 16.4 Å². The van der Waals surface area contributed by atoms with Crippen molar-refractivity contribution < 1.29 is 9.59 Å². The molecule has 0 unspecified atom stereocenters. The van der Waals surface area contributed by atoms with Gasteiger partial charge in [-0.2, -0.15) is 5.10 Å². The van der Waals surface area contributed by atoms with Gasteiger partial charge in [-0.1, -0.05) is 26.0 Å². The number of aromatic nitrogens is 2. The van der Waals surface area contributed by atoms with Gasteiger partial charge in [-0.25, -0.2) is 0 Å². The maximum Gasteiger partial charge on any atom is 0.246 e. The third-order valence-corrected chi connectivity index (χ3v) is 4.75. The molecule has 2 aromatic rings. The van der Waals surface area contributed by atoms with Crippen molar-refractivity contribution in [2.24, 2.45) is 11.1 Å². The summed E-state index contributed by atoms with van der Waals surface area (Å²) in [6.45, 7) is 4.83. The van der Waals surface area contributed by atoms with E-state index in [9.17, 15) is 9.59 Å². The second-order valence-electron chi connectivity index (χ2n) is 6.33. The van der Waals surface area contributed by atoms with Gasteiger partial charge >= 0.3 is 0 Å². The summed E-state index contributed by atoms with van der Waals surface area (Å²) in [5.41, 5.74) is 6.90. The highest BCUT2D eigenvalue weighted by molar-refractivity contribution is 5.90. The number of nitrogens with one attached hydrogen (secondary N) is 2. The fraction of sp³-hybridized carbons (Fsp3) is 0.421. The lowest BCUT2D eigenvalue weighted by Crippen LogP contribution is -2.45. The minimum absolute atomic E-state index is 0.0295. The maximum absolute atomic E-state index is 12.5. The Morgan fingerprint density at radius 3 is 2.62 bits per heavy atom. The van der Waals surface area contributed by atoms with E-state index in [1.807, 2.05) is 38.1 Å². The summed E-state index contributed by atoms with van der Waals surface area (Å²) >= 11 is 0. The van der Waals surface area contributed by atoms with Crippen LogP contribution in [0.2, 0.25) is 0 Å². The van der Waals surface area contributed by atoms with Crippen molar-refractivity contribution in [2.75, 3.05) is 11.9 Å². The Hall–Kier alpha value is -2.67. The Bertz CT molecular complexity index is 715. The fourth-order valence-corrected chi connectivity index (χ4v) is 2.82. The number of rotatable bonds is 9. The number of carbonyl (C=O) groups excluding carboxylic acids is 2. The summed E-state index contributed by atoms with van der Waals surface area (Å²) in [5.74, 6) is -0.188. The molecule has 0 atom stereocenters. The van der Waals surface area contributed by atoms with Crippen molar-refractivity contribution >= 4 is 17.5 Å². The van der Waals surface area contributed by atoms with Crippen LogP contribution in [0.25, 0.3) is 0 Å². The lowest BCUT2D eigenvalue weighted by atomic mass is 9.81. The summed E-state index contributed by atoms with van der Waals surface area (Å²) in [7, 11) is 0. The van der Waals surface area contributed by atoms with Crippen molar-refractivity contribution in [2.45, 2.75) is 39.8 Å². The maximum atomic E-state index is 12.5. The van der Waals surface area contributed by atoms with Crippen LogP contribution < -0.4 is 16.4 Å². The number of hydrogen-bond donors (Lipinski definition) is 3.